The van der Waals surface area contributed by atoms with Crippen molar-refractivity contribution >= 4 is 41.2 Å². The quantitative estimate of drug-likeness (QED) is 0.211. The van der Waals surface area contributed by atoms with Crippen molar-refractivity contribution in [1.82, 2.24) is 5.32 Å². The molecule has 0 heterocycles. The van der Waals surface area contributed by atoms with Crippen molar-refractivity contribution in [2.75, 3.05) is 6.61 Å². The van der Waals surface area contributed by atoms with Crippen molar-refractivity contribution in [3.8, 4) is 0 Å². The number of fused-ring (bicyclic) bond motifs is 1. The second-order valence-electron chi connectivity index (χ2n) is 7.97. The Morgan fingerprint density at radius 1 is 1.29 bits per heavy atom. The van der Waals surface area contributed by atoms with E-state index in [1.165, 1.54) is 29.1 Å². The van der Waals surface area contributed by atoms with E-state index >= 15 is 0 Å². The number of thioether (sulfide) groups is 1. The topological polar surface area (TPSA) is 62.2 Å². The highest BCUT2D eigenvalue weighted by atomic mass is 35.5. The van der Waals surface area contributed by atoms with Gasteiger partial charge in [0.1, 0.15) is 6.61 Å². The molecule has 1 aliphatic carbocycles. The van der Waals surface area contributed by atoms with E-state index in [1.54, 1.807) is 0 Å². The SMILES string of the molecule is C=CC1=C(C)c2ccccc2C1COC(=O)N[C@@H](C)c1cccc(Cl)c1S/C(=C/C)C(=C)C=N. The average molecular weight is 493 g/mol. The van der Waals surface area contributed by atoms with Gasteiger partial charge in [0.15, 0.2) is 0 Å². The first-order chi connectivity index (χ1) is 16.3. The molecule has 0 saturated carbocycles. The van der Waals surface area contributed by atoms with E-state index in [-0.39, 0.29) is 18.6 Å². The van der Waals surface area contributed by atoms with Crippen LogP contribution in [0.15, 0.2) is 88.7 Å². The molecule has 0 spiro atoms. The zero-order valence-corrected chi connectivity index (χ0v) is 21.2. The zero-order chi connectivity index (χ0) is 24.8. The van der Waals surface area contributed by atoms with E-state index < -0.39 is 6.09 Å². The van der Waals surface area contributed by atoms with Crippen LogP contribution in [-0.2, 0) is 4.74 Å². The normalized spacial score (nSPS) is 16.0. The van der Waals surface area contributed by atoms with E-state index in [2.05, 4.69) is 37.5 Å². The molecule has 0 aliphatic heterocycles. The van der Waals surface area contributed by atoms with Crippen molar-refractivity contribution in [2.24, 2.45) is 0 Å². The summed E-state index contributed by atoms with van der Waals surface area (Å²) in [6.45, 7) is 14.0. The van der Waals surface area contributed by atoms with Gasteiger partial charge in [-0.25, -0.2) is 4.79 Å². The summed E-state index contributed by atoms with van der Waals surface area (Å²) in [5.41, 5.74) is 6.03. The summed E-state index contributed by atoms with van der Waals surface area (Å²) in [5, 5.41) is 11.0. The third-order valence-electron chi connectivity index (χ3n) is 5.91. The van der Waals surface area contributed by atoms with Crippen LogP contribution in [0.3, 0.4) is 0 Å². The standard InChI is InChI=1S/C28H29ClN2O2S/c1-6-20-18(4)21-11-8-9-12-23(21)24(20)16-33-28(32)31-19(5)22-13-10-14-25(29)27(22)34-26(7-2)17(3)15-30/h6-15,19,24,30H,1,3,16H2,2,4-5H3,(H,31,32)/b26-7+,30-15?/t19-,24?/m0/s1. The fourth-order valence-electron chi connectivity index (χ4n) is 4.12. The van der Waals surface area contributed by atoms with Crippen LogP contribution >= 0.6 is 23.4 Å². The van der Waals surface area contributed by atoms with Gasteiger partial charge in [0, 0.05) is 21.9 Å². The molecule has 0 bridgehead atoms. The summed E-state index contributed by atoms with van der Waals surface area (Å²) in [6, 6.07) is 13.4. The van der Waals surface area contributed by atoms with Crippen molar-refractivity contribution in [3.05, 3.63) is 106 Å². The van der Waals surface area contributed by atoms with E-state index in [0.29, 0.717) is 10.6 Å². The maximum Gasteiger partial charge on any atom is 0.407 e. The largest absolute Gasteiger partial charge is 0.449 e. The van der Waals surface area contributed by atoms with Crippen molar-refractivity contribution in [2.45, 2.75) is 37.6 Å². The van der Waals surface area contributed by atoms with Crippen LogP contribution < -0.4 is 5.32 Å². The fourth-order valence-corrected chi connectivity index (χ4v) is 5.48. The van der Waals surface area contributed by atoms with Crippen molar-refractivity contribution in [1.29, 1.82) is 5.41 Å². The number of alkyl carbamates (subject to hydrolysis) is 1. The van der Waals surface area contributed by atoms with E-state index in [0.717, 1.165) is 26.5 Å². The Balaban J connectivity index is 1.72. The van der Waals surface area contributed by atoms with Gasteiger partial charge in [-0.2, -0.15) is 0 Å². The Labute approximate surface area is 210 Å². The number of hydrogen-bond donors (Lipinski definition) is 2. The number of amides is 1. The molecule has 1 amide bonds. The lowest BCUT2D eigenvalue weighted by Gasteiger charge is -2.21. The number of halogens is 1. The molecular weight excluding hydrogens is 464 g/mol. The van der Waals surface area contributed by atoms with Gasteiger partial charge < -0.3 is 15.5 Å². The summed E-state index contributed by atoms with van der Waals surface area (Å²) in [5.74, 6) is -0.0311. The van der Waals surface area contributed by atoms with Crippen LogP contribution in [0.25, 0.3) is 5.57 Å². The number of hydrogen-bond acceptors (Lipinski definition) is 4. The Morgan fingerprint density at radius 3 is 2.71 bits per heavy atom. The second kappa shape index (κ2) is 11.4. The van der Waals surface area contributed by atoms with E-state index in [4.69, 9.17) is 21.7 Å². The van der Waals surface area contributed by atoms with Gasteiger partial charge in [-0.1, -0.05) is 85.1 Å². The Kier molecular flexibility index (Phi) is 8.59. The van der Waals surface area contributed by atoms with E-state index in [1.807, 2.05) is 56.3 Å². The molecule has 4 nitrogen and oxygen atoms in total. The number of rotatable bonds is 9. The van der Waals surface area contributed by atoms with Crippen molar-refractivity contribution < 1.29 is 9.53 Å². The van der Waals surface area contributed by atoms with Crippen LogP contribution in [-0.4, -0.2) is 18.9 Å². The summed E-state index contributed by atoms with van der Waals surface area (Å²) in [7, 11) is 0. The van der Waals surface area contributed by atoms with Gasteiger partial charge in [0.2, 0.25) is 0 Å². The molecule has 176 valence electrons. The summed E-state index contributed by atoms with van der Waals surface area (Å²) < 4.78 is 5.66. The van der Waals surface area contributed by atoms with Crippen LogP contribution in [0, 0.1) is 5.41 Å². The third kappa shape index (κ3) is 5.37. The number of carbonyl (C=O) groups excluding carboxylic acids is 1. The fraction of sp³-hybridized carbons (Fsp3) is 0.214. The van der Waals surface area contributed by atoms with Crippen LogP contribution in [0.1, 0.15) is 49.4 Å². The van der Waals surface area contributed by atoms with Crippen molar-refractivity contribution in [3.63, 3.8) is 0 Å². The third-order valence-corrected chi connectivity index (χ3v) is 7.72. The highest BCUT2D eigenvalue weighted by Gasteiger charge is 2.28. The predicted octanol–water partition coefficient (Wildman–Crippen LogP) is 8.09. The van der Waals surface area contributed by atoms with E-state index in [9.17, 15) is 4.79 Å². The van der Waals surface area contributed by atoms with Crippen LogP contribution in [0.4, 0.5) is 4.79 Å². The second-order valence-corrected chi connectivity index (χ2v) is 9.43. The lowest BCUT2D eigenvalue weighted by atomic mass is 9.97. The maximum atomic E-state index is 12.7. The lowest BCUT2D eigenvalue weighted by molar-refractivity contribution is 0.139. The molecular formula is C28H29ClN2O2S. The molecule has 2 N–H and O–H groups in total. The molecule has 34 heavy (non-hydrogen) atoms. The first-order valence-corrected chi connectivity index (χ1v) is 12.2. The molecule has 0 radical (unpaired) electrons. The number of ether oxygens (including phenoxy) is 1. The highest BCUT2D eigenvalue weighted by molar-refractivity contribution is 8.03. The Bertz CT molecular complexity index is 1200. The van der Waals surface area contributed by atoms with Gasteiger partial charge in [-0.05, 0) is 60.2 Å². The number of allylic oxidation sites excluding steroid dienone is 4. The minimum atomic E-state index is -0.496. The molecule has 3 rings (SSSR count). The van der Waals surface area contributed by atoms with Gasteiger partial charge in [0.05, 0.1) is 11.1 Å². The monoisotopic (exact) mass is 492 g/mol. The molecule has 0 fully saturated rings. The summed E-state index contributed by atoms with van der Waals surface area (Å²) in [4.78, 5) is 14.4. The Hall–Kier alpha value is -3.02. The molecule has 0 saturated heterocycles. The average Bonchev–Trinajstić information content (AvgIpc) is 3.12. The minimum absolute atomic E-state index is 0.0311. The molecule has 2 aromatic rings. The van der Waals surface area contributed by atoms with Crippen LogP contribution in [0.2, 0.25) is 5.02 Å². The predicted molar refractivity (Wildman–Crippen MR) is 144 cm³/mol. The minimum Gasteiger partial charge on any atom is -0.449 e. The molecule has 6 heteroatoms. The Morgan fingerprint density at radius 2 is 2.03 bits per heavy atom. The first-order valence-electron chi connectivity index (χ1n) is 11.0. The number of benzene rings is 2. The van der Waals surface area contributed by atoms with Gasteiger partial charge in [-0.3, -0.25) is 0 Å². The van der Waals surface area contributed by atoms with Gasteiger partial charge in [0.25, 0.3) is 0 Å². The molecule has 1 aliphatic rings. The summed E-state index contributed by atoms with van der Waals surface area (Å²) >= 11 is 7.94. The highest BCUT2D eigenvalue weighted by Crippen LogP contribution is 2.42. The van der Waals surface area contributed by atoms with Crippen LogP contribution in [0.5, 0.6) is 0 Å². The first kappa shape index (κ1) is 25.6. The molecule has 0 aromatic heterocycles. The molecule has 2 aromatic carbocycles. The number of nitrogens with one attached hydrogen (secondary N) is 2. The van der Waals surface area contributed by atoms with Gasteiger partial charge in [-0.15, -0.1) is 0 Å². The zero-order valence-electron chi connectivity index (χ0n) is 19.7. The summed E-state index contributed by atoms with van der Waals surface area (Å²) in [6.07, 6.45) is 4.46. The molecule has 2 atom stereocenters. The van der Waals surface area contributed by atoms with Gasteiger partial charge >= 0.3 is 6.09 Å². The maximum absolute atomic E-state index is 12.7. The molecule has 1 unspecified atom stereocenters. The number of carbonyl (C=O) groups is 1. The smallest absolute Gasteiger partial charge is 0.407 e. The lowest BCUT2D eigenvalue weighted by Crippen LogP contribution is -2.29.